The number of nitrogens with one attached hydrogen (secondary N) is 2. The summed E-state index contributed by atoms with van der Waals surface area (Å²) in [5.41, 5.74) is 3.65. The number of hydrogen-bond acceptors (Lipinski definition) is 2. The fourth-order valence-corrected chi connectivity index (χ4v) is 2.38. The number of nitrogens with zero attached hydrogens (tertiary/aromatic N) is 1. The lowest BCUT2D eigenvalue weighted by molar-refractivity contribution is 0.134. The molecule has 0 fully saturated rings. The molecule has 0 aliphatic heterocycles. The molecule has 0 aromatic heterocycles. The summed E-state index contributed by atoms with van der Waals surface area (Å²) in [6.07, 6.45) is 0. The van der Waals surface area contributed by atoms with Crippen molar-refractivity contribution in [3.05, 3.63) is 71.3 Å². The van der Waals surface area contributed by atoms with Crippen molar-refractivity contribution < 1.29 is 4.74 Å². The first-order valence-electron chi connectivity index (χ1n) is 8.40. The van der Waals surface area contributed by atoms with Crippen molar-refractivity contribution in [3.8, 4) is 0 Å². The number of aliphatic imine (C=N–C) groups is 1. The van der Waals surface area contributed by atoms with Crippen molar-refractivity contribution in [2.45, 2.75) is 33.0 Å². The maximum atomic E-state index is 5.42. The van der Waals surface area contributed by atoms with Gasteiger partial charge in [-0.3, -0.25) is 4.99 Å². The fourth-order valence-electron chi connectivity index (χ4n) is 2.38. The minimum absolute atomic E-state index is 0. The third-order valence-corrected chi connectivity index (χ3v) is 3.83. The maximum Gasteiger partial charge on any atom is 0.191 e. The monoisotopic (exact) mass is 453 g/mol. The molecule has 0 spiro atoms. The lowest BCUT2D eigenvalue weighted by Gasteiger charge is -2.18. The number of rotatable bonds is 7. The van der Waals surface area contributed by atoms with Crippen LogP contribution >= 0.6 is 24.0 Å². The van der Waals surface area contributed by atoms with Gasteiger partial charge in [0, 0.05) is 20.2 Å². The largest absolute Gasteiger partial charge is 0.377 e. The highest BCUT2D eigenvalue weighted by molar-refractivity contribution is 14.0. The highest BCUT2D eigenvalue weighted by Gasteiger charge is 2.07. The summed E-state index contributed by atoms with van der Waals surface area (Å²) in [6.45, 7) is 6.28. The standard InChI is InChI=1S/C20H27N3O.HI/c1-4-24-15-18-12-10-17(11-13-18)14-22-20(21-3)23-16(2)19-8-6-5-7-9-19;/h5-13,16H,4,14-15H2,1-3H3,(H2,21,22,23);1H. The van der Waals surface area contributed by atoms with Crippen molar-refractivity contribution in [2.24, 2.45) is 4.99 Å². The van der Waals surface area contributed by atoms with Crippen molar-refractivity contribution in [1.29, 1.82) is 0 Å². The molecule has 0 bridgehead atoms. The van der Waals surface area contributed by atoms with E-state index in [2.05, 4.69) is 58.9 Å². The van der Waals surface area contributed by atoms with E-state index in [1.165, 1.54) is 16.7 Å². The second-order valence-corrected chi connectivity index (χ2v) is 5.66. The van der Waals surface area contributed by atoms with E-state index >= 15 is 0 Å². The average Bonchev–Trinajstić information content (AvgIpc) is 2.64. The first-order valence-corrected chi connectivity index (χ1v) is 8.40. The van der Waals surface area contributed by atoms with Crippen LogP contribution in [0.5, 0.6) is 0 Å². The Morgan fingerprint density at radius 1 is 1.04 bits per heavy atom. The Hall–Kier alpha value is -1.60. The molecule has 2 aromatic carbocycles. The summed E-state index contributed by atoms with van der Waals surface area (Å²) >= 11 is 0. The van der Waals surface area contributed by atoms with Gasteiger partial charge in [0.15, 0.2) is 5.96 Å². The van der Waals surface area contributed by atoms with Gasteiger partial charge in [-0.2, -0.15) is 0 Å². The van der Waals surface area contributed by atoms with Crippen LogP contribution in [0.4, 0.5) is 0 Å². The van der Waals surface area contributed by atoms with Crippen molar-refractivity contribution in [3.63, 3.8) is 0 Å². The highest BCUT2D eigenvalue weighted by Crippen LogP contribution is 2.11. The molecule has 0 aliphatic rings. The molecule has 1 atom stereocenters. The van der Waals surface area contributed by atoms with Crippen LogP contribution in [-0.2, 0) is 17.9 Å². The summed E-state index contributed by atoms with van der Waals surface area (Å²) in [7, 11) is 1.79. The van der Waals surface area contributed by atoms with Gasteiger partial charge in [0.25, 0.3) is 0 Å². The van der Waals surface area contributed by atoms with Gasteiger partial charge < -0.3 is 15.4 Å². The Balaban J connectivity index is 0.00000312. The molecule has 0 saturated heterocycles. The van der Waals surface area contributed by atoms with E-state index in [9.17, 15) is 0 Å². The molecule has 2 aromatic rings. The van der Waals surface area contributed by atoms with Crippen molar-refractivity contribution in [1.82, 2.24) is 10.6 Å². The molecule has 0 amide bonds. The van der Waals surface area contributed by atoms with Crippen LogP contribution in [0.15, 0.2) is 59.6 Å². The van der Waals surface area contributed by atoms with E-state index in [-0.39, 0.29) is 30.0 Å². The highest BCUT2D eigenvalue weighted by atomic mass is 127. The zero-order valence-corrected chi connectivity index (χ0v) is 17.5. The van der Waals surface area contributed by atoms with E-state index in [4.69, 9.17) is 4.74 Å². The Labute approximate surface area is 168 Å². The van der Waals surface area contributed by atoms with Gasteiger partial charge in [0.2, 0.25) is 0 Å². The zero-order chi connectivity index (χ0) is 17.2. The summed E-state index contributed by atoms with van der Waals surface area (Å²) in [4.78, 5) is 4.30. The first-order chi connectivity index (χ1) is 11.7. The molecule has 0 heterocycles. The predicted molar refractivity (Wildman–Crippen MR) is 115 cm³/mol. The number of guanidine groups is 1. The Morgan fingerprint density at radius 2 is 1.68 bits per heavy atom. The summed E-state index contributed by atoms with van der Waals surface area (Å²) < 4.78 is 5.42. The van der Waals surface area contributed by atoms with Crippen molar-refractivity contribution >= 4 is 29.9 Å². The minimum atomic E-state index is 0. The summed E-state index contributed by atoms with van der Waals surface area (Å²) in [5, 5.41) is 6.77. The van der Waals surface area contributed by atoms with Gasteiger partial charge in [-0.15, -0.1) is 24.0 Å². The Kier molecular flexibility index (Phi) is 10.2. The van der Waals surface area contributed by atoms with Crippen LogP contribution in [0.1, 0.15) is 36.6 Å². The van der Waals surface area contributed by atoms with E-state index in [1.807, 2.05) is 25.1 Å². The normalized spacial score (nSPS) is 12.2. The number of halogens is 1. The van der Waals surface area contributed by atoms with E-state index in [1.54, 1.807) is 7.05 Å². The molecule has 0 aliphatic carbocycles. The Bertz CT molecular complexity index is 629. The van der Waals surface area contributed by atoms with Gasteiger partial charge in [0.1, 0.15) is 0 Å². The van der Waals surface area contributed by atoms with E-state index in [0.29, 0.717) is 6.61 Å². The van der Waals surface area contributed by atoms with Gasteiger partial charge in [-0.25, -0.2) is 0 Å². The van der Waals surface area contributed by atoms with E-state index in [0.717, 1.165) is 19.1 Å². The average molecular weight is 453 g/mol. The van der Waals surface area contributed by atoms with Gasteiger partial charge in [-0.05, 0) is 30.5 Å². The minimum Gasteiger partial charge on any atom is -0.377 e. The summed E-state index contributed by atoms with van der Waals surface area (Å²) in [6, 6.07) is 19.0. The molecular weight excluding hydrogens is 425 g/mol. The second-order valence-electron chi connectivity index (χ2n) is 5.66. The molecule has 2 rings (SSSR count). The fraction of sp³-hybridized carbons (Fsp3) is 0.350. The summed E-state index contributed by atoms with van der Waals surface area (Å²) in [5.74, 6) is 0.796. The molecule has 0 radical (unpaired) electrons. The molecular formula is C20H28IN3O. The van der Waals surface area contributed by atoms with Gasteiger partial charge in [0.05, 0.1) is 12.6 Å². The number of hydrogen-bond donors (Lipinski definition) is 2. The Morgan fingerprint density at radius 3 is 2.28 bits per heavy atom. The van der Waals surface area contributed by atoms with Crippen LogP contribution < -0.4 is 10.6 Å². The quantitative estimate of drug-likeness (QED) is 0.374. The molecule has 0 saturated carbocycles. The first kappa shape index (κ1) is 21.4. The second kappa shape index (κ2) is 11.9. The molecule has 5 heteroatoms. The lowest BCUT2D eigenvalue weighted by atomic mass is 10.1. The van der Waals surface area contributed by atoms with Crippen molar-refractivity contribution in [2.75, 3.05) is 13.7 Å². The predicted octanol–water partition coefficient (Wildman–Crippen LogP) is 4.27. The molecule has 1 unspecified atom stereocenters. The third kappa shape index (κ3) is 7.44. The van der Waals surface area contributed by atoms with Crippen LogP contribution in [0, 0.1) is 0 Å². The molecule has 2 N–H and O–H groups in total. The van der Waals surface area contributed by atoms with Gasteiger partial charge in [-0.1, -0.05) is 54.6 Å². The third-order valence-electron chi connectivity index (χ3n) is 3.83. The topological polar surface area (TPSA) is 45.6 Å². The maximum absolute atomic E-state index is 5.42. The van der Waals surface area contributed by atoms with Crippen LogP contribution in [-0.4, -0.2) is 19.6 Å². The number of ether oxygens (including phenoxy) is 1. The lowest BCUT2D eigenvalue weighted by Crippen LogP contribution is -2.38. The molecule has 25 heavy (non-hydrogen) atoms. The molecule has 136 valence electrons. The molecule has 4 nitrogen and oxygen atoms in total. The van der Waals surface area contributed by atoms with Crippen LogP contribution in [0.2, 0.25) is 0 Å². The SMILES string of the molecule is CCOCc1ccc(CNC(=NC)NC(C)c2ccccc2)cc1.I. The van der Waals surface area contributed by atoms with Crippen LogP contribution in [0.3, 0.4) is 0 Å². The number of benzene rings is 2. The smallest absolute Gasteiger partial charge is 0.191 e. The zero-order valence-electron chi connectivity index (χ0n) is 15.2. The van der Waals surface area contributed by atoms with Crippen LogP contribution in [0.25, 0.3) is 0 Å². The van der Waals surface area contributed by atoms with Gasteiger partial charge >= 0.3 is 0 Å². The van der Waals surface area contributed by atoms with E-state index < -0.39 is 0 Å².